The Labute approximate surface area is 230 Å². The summed E-state index contributed by atoms with van der Waals surface area (Å²) in [7, 11) is -1.15. The molecule has 0 unspecified atom stereocenters. The Balaban J connectivity index is 0. The molecule has 0 saturated heterocycles. The predicted molar refractivity (Wildman–Crippen MR) is 157 cm³/mol. The number of rotatable bonds is 17. The maximum Gasteiger partial charge on any atom is 0.0425 e. The van der Waals surface area contributed by atoms with Crippen LogP contribution in [0.2, 0.25) is 0 Å². The predicted octanol–water partition coefficient (Wildman–Crippen LogP) is 11.5. The minimum Gasteiger partial charge on any atom is -0.272 e. The molecule has 0 fully saturated rings. The van der Waals surface area contributed by atoms with E-state index in [9.17, 15) is 0 Å². The molecule has 0 N–H and O–H groups in total. The van der Waals surface area contributed by atoms with E-state index in [0.717, 1.165) is 6.42 Å². The Morgan fingerprint density at radius 3 is 1.59 bits per heavy atom. The molecule has 0 saturated carbocycles. The Morgan fingerprint density at radius 2 is 1.29 bits per heavy atom. The first-order valence-electron chi connectivity index (χ1n) is 14.1. The zero-order valence-corrected chi connectivity index (χ0v) is 26.3. The molecule has 34 heavy (non-hydrogen) atoms. The Morgan fingerprint density at radius 1 is 0.824 bits per heavy atom. The van der Waals surface area contributed by atoms with Crippen molar-refractivity contribution < 1.29 is 21.7 Å². The Kier molecular flexibility index (Phi) is 24.7. The van der Waals surface area contributed by atoms with Crippen LogP contribution in [0.3, 0.4) is 0 Å². The molecule has 0 atom stereocenters. The first kappa shape index (κ1) is 36.1. The minimum atomic E-state index is -1.15. The molecule has 0 amide bonds. The van der Waals surface area contributed by atoms with Gasteiger partial charge in [-0.15, -0.1) is 0 Å². The maximum atomic E-state index is 5.51. The molecule has 0 radical (unpaired) electrons. The van der Waals surface area contributed by atoms with E-state index >= 15 is 0 Å². The molecule has 0 heterocycles. The molecule has 1 aliphatic carbocycles. The molecule has 0 spiro atoms. The topological polar surface area (TPSA) is 12.4 Å². The molecule has 0 aromatic rings. The summed E-state index contributed by atoms with van der Waals surface area (Å²) in [6.45, 7) is 17.0. The van der Waals surface area contributed by atoms with Crippen LogP contribution in [0.4, 0.5) is 0 Å². The molecule has 1 nitrogen and oxygen atoms in total. The fourth-order valence-corrected chi connectivity index (χ4v) is 8.22. The van der Waals surface area contributed by atoms with Crippen molar-refractivity contribution in [1.29, 1.82) is 0 Å². The van der Waals surface area contributed by atoms with E-state index in [0.29, 0.717) is 5.41 Å². The zero-order valence-electron chi connectivity index (χ0n) is 23.9. The van der Waals surface area contributed by atoms with Gasteiger partial charge in [-0.1, -0.05) is 136 Å². The minimum absolute atomic E-state index is 0. The van der Waals surface area contributed by atoms with Crippen molar-refractivity contribution in [3.63, 3.8) is 0 Å². The van der Waals surface area contributed by atoms with E-state index in [1.807, 2.05) is 6.08 Å². The molecule has 0 bridgehead atoms. The van der Waals surface area contributed by atoms with Crippen LogP contribution in [0.1, 0.15) is 125 Å². The summed E-state index contributed by atoms with van der Waals surface area (Å²) in [5.41, 5.74) is 1.68. The van der Waals surface area contributed by atoms with E-state index in [1.54, 1.807) is 6.08 Å². The summed E-state index contributed by atoms with van der Waals surface area (Å²) in [5.74, 6) is 0. The van der Waals surface area contributed by atoms with Gasteiger partial charge in [0.15, 0.2) is 0 Å². The van der Waals surface area contributed by atoms with Gasteiger partial charge in [-0.25, -0.2) is 0 Å². The van der Waals surface area contributed by atoms with Crippen LogP contribution in [0.25, 0.3) is 0 Å². The van der Waals surface area contributed by atoms with Crippen LogP contribution in [0.5, 0.6) is 0 Å². The van der Waals surface area contributed by atoms with Crippen molar-refractivity contribution in [3.8, 4) is 0 Å². The molecule has 0 aliphatic heterocycles. The van der Waals surface area contributed by atoms with Crippen molar-refractivity contribution in [3.05, 3.63) is 48.7 Å². The van der Waals surface area contributed by atoms with Crippen molar-refractivity contribution in [2.24, 2.45) is 10.2 Å². The fraction of sp³-hybridized carbons (Fsp3) is 0.742. The summed E-state index contributed by atoms with van der Waals surface area (Å²) in [4.78, 5) is 0. The second-order valence-corrected chi connectivity index (χ2v) is 14.5. The maximum absolute atomic E-state index is 5.51. The number of allylic oxidation sites excluding steroid dienone is 6. The van der Waals surface area contributed by atoms with Gasteiger partial charge < -0.3 is 0 Å². The van der Waals surface area contributed by atoms with Crippen LogP contribution in [0.15, 0.2) is 53.5 Å². The van der Waals surface area contributed by atoms with Gasteiger partial charge in [-0.05, 0) is 56.3 Å². The quantitative estimate of drug-likeness (QED) is 0.0778. The normalized spacial score (nSPS) is 13.3. The van der Waals surface area contributed by atoms with Crippen molar-refractivity contribution in [1.82, 2.24) is 0 Å². The summed E-state index contributed by atoms with van der Waals surface area (Å²) in [5, 5.41) is 0. The third kappa shape index (κ3) is 21.2. The molecular formula is C31H58NPTi. The van der Waals surface area contributed by atoms with Gasteiger partial charge >= 0.3 is 0 Å². The average molecular weight is 524 g/mol. The molecule has 1 rings (SSSR count). The summed E-state index contributed by atoms with van der Waals surface area (Å²) < 4.78 is 5.51. The van der Waals surface area contributed by atoms with E-state index in [-0.39, 0.29) is 21.7 Å². The molecule has 0 aromatic heterocycles. The number of hydrogen-bond donors (Lipinski definition) is 0. The second-order valence-electron chi connectivity index (χ2n) is 10.8. The smallest absolute Gasteiger partial charge is 0.0425 e. The zero-order chi connectivity index (χ0) is 24.8. The van der Waals surface area contributed by atoms with Crippen molar-refractivity contribution in [2.75, 3.05) is 18.5 Å². The van der Waals surface area contributed by atoms with E-state index in [4.69, 9.17) is 4.74 Å². The first-order chi connectivity index (χ1) is 15.8. The van der Waals surface area contributed by atoms with Crippen LogP contribution >= 0.6 is 7.05 Å². The molecule has 1 aliphatic rings. The van der Waals surface area contributed by atoms with Gasteiger partial charge in [0.2, 0.25) is 0 Å². The van der Waals surface area contributed by atoms with Gasteiger partial charge in [-0.3, -0.25) is 4.74 Å². The number of unbranched alkanes of at least 4 members (excludes halogenated alkanes) is 9. The molecule has 0 aromatic carbocycles. The third-order valence-corrected chi connectivity index (χ3v) is 10.2. The molecule has 3 heteroatoms. The Bertz CT molecular complexity index is 584. The largest absolute Gasteiger partial charge is 0.272 e. The van der Waals surface area contributed by atoms with Crippen molar-refractivity contribution in [2.45, 2.75) is 125 Å². The first-order valence-corrected chi connectivity index (χ1v) is 16.4. The standard InChI is InChI=1S/C23H44NP.C8H14.Ti/c1-4-7-10-15-20-25(21-16-11-8-5-2,22-17-12-9-6-3)24-23-18-13-14-19-23;1-5-6-7-8(2,3)4;/h13-14,18H,4-12,15-17,19-22H2,1-3H3;5-7H,1H2,2-4H3;. The summed E-state index contributed by atoms with van der Waals surface area (Å²) >= 11 is 0. The van der Waals surface area contributed by atoms with Gasteiger partial charge in [-0.2, -0.15) is 0 Å². The van der Waals surface area contributed by atoms with E-state index in [1.165, 1.54) is 101 Å². The van der Waals surface area contributed by atoms with Gasteiger partial charge in [0.1, 0.15) is 0 Å². The number of hydrogen-bond acceptors (Lipinski definition) is 1. The summed E-state index contributed by atoms with van der Waals surface area (Å²) in [6.07, 6.45) is 34.7. The summed E-state index contributed by atoms with van der Waals surface area (Å²) in [6, 6.07) is 0. The third-order valence-electron chi connectivity index (χ3n) is 6.11. The SMILES string of the molecule is C=CC=CC(C)(C)C.CCCCCCP(CCCCCC)(CCCCCC)=NC1=CC=CC1.[Ti]. The van der Waals surface area contributed by atoms with E-state index in [2.05, 4.69) is 72.4 Å². The van der Waals surface area contributed by atoms with Crippen molar-refractivity contribution >= 4 is 7.05 Å². The van der Waals surface area contributed by atoms with E-state index < -0.39 is 7.05 Å². The number of nitrogens with zero attached hydrogens (tertiary/aromatic N) is 1. The van der Waals surface area contributed by atoms with Crippen LogP contribution < -0.4 is 0 Å². The molecular weight excluding hydrogens is 465 g/mol. The van der Waals surface area contributed by atoms with Crippen LogP contribution in [-0.4, -0.2) is 18.5 Å². The van der Waals surface area contributed by atoms with Gasteiger partial charge in [0, 0.05) is 33.8 Å². The van der Waals surface area contributed by atoms with Gasteiger partial charge in [0.05, 0.1) is 0 Å². The molecule has 196 valence electrons. The van der Waals surface area contributed by atoms with Gasteiger partial charge in [0.25, 0.3) is 0 Å². The average Bonchev–Trinajstić information content (AvgIpc) is 3.29. The fourth-order valence-electron chi connectivity index (χ4n) is 4.12. The van der Waals surface area contributed by atoms with Crippen LogP contribution in [-0.2, 0) is 21.7 Å². The monoisotopic (exact) mass is 523 g/mol. The second kappa shape index (κ2) is 23.3. The van der Waals surface area contributed by atoms with Crippen LogP contribution in [0, 0.1) is 5.41 Å². The Hall–Kier alpha value is -0.0957.